The quantitative estimate of drug-likeness (QED) is 0.477. The van der Waals surface area contributed by atoms with Crippen molar-refractivity contribution in [2.75, 3.05) is 0 Å². The summed E-state index contributed by atoms with van der Waals surface area (Å²) in [4.78, 5) is 8.61. The summed E-state index contributed by atoms with van der Waals surface area (Å²) in [6.45, 7) is 2.19. The molecule has 2 aromatic heterocycles. The van der Waals surface area contributed by atoms with Crippen molar-refractivity contribution < 1.29 is 0 Å². The lowest BCUT2D eigenvalue weighted by Crippen LogP contribution is -1.94. The number of aromatic nitrogens is 2. The smallest absolute Gasteiger partial charge is 0.0346 e. The van der Waals surface area contributed by atoms with Crippen molar-refractivity contribution >= 4 is 0 Å². The van der Waals surface area contributed by atoms with Crippen LogP contribution in [0.2, 0.25) is 0 Å². The number of rotatable bonds is 3. The summed E-state index contributed by atoms with van der Waals surface area (Å²) < 4.78 is 0. The zero-order valence-electron chi connectivity index (χ0n) is 14.1. The maximum atomic E-state index is 4.32. The Morgan fingerprint density at radius 2 is 1.16 bits per heavy atom. The van der Waals surface area contributed by atoms with Crippen LogP contribution in [0.25, 0.3) is 33.4 Å². The van der Waals surface area contributed by atoms with E-state index in [4.69, 9.17) is 0 Å². The summed E-state index contributed by atoms with van der Waals surface area (Å²) in [5.41, 5.74) is 8.34. The molecule has 2 aromatic carbocycles. The van der Waals surface area contributed by atoms with E-state index in [0.717, 1.165) is 11.1 Å². The summed E-state index contributed by atoms with van der Waals surface area (Å²) in [5.74, 6) is 0. The fourth-order valence-corrected chi connectivity index (χ4v) is 3.29. The van der Waals surface area contributed by atoms with Gasteiger partial charge in [-0.3, -0.25) is 9.97 Å². The summed E-state index contributed by atoms with van der Waals surface area (Å²) in [6.07, 6.45) is 7.45. The highest BCUT2D eigenvalue weighted by molar-refractivity contribution is 5.90. The predicted molar refractivity (Wildman–Crippen MR) is 103 cm³/mol. The van der Waals surface area contributed by atoms with Crippen molar-refractivity contribution in [2.45, 2.75) is 6.92 Å². The van der Waals surface area contributed by atoms with Gasteiger partial charge in [-0.25, -0.2) is 0 Å². The molecule has 2 heterocycles. The number of hydrogen-bond donors (Lipinski definition) is 0. The van der Waals surface area contributed by atoms with E-state index in [9.17, 15) is 0 Å². The van der Waals surface area contributed by atoms with Gasteiger partial charge < -0.3 is 0 Å². The van der Waals surface area contributed by atoms with Crippen molar-refractivity contribution in [1.82, 2.24) is 9.97 Å². The Kier molecular flexibility index (Phi) is 4.09. The van der Waals surface area contributed by atoms with Gasteiger partial charge in [-0.2, -0.15) is 0 Å². The number of hydrogen-bond acceptors (Lipinski definition) is 2. The Hall–Kier alpha value is -3.26. The van der Waals surface area contributed by atoms with Gasteiger partial charge in [-0.15, -0.1) is 0 Å². The zero-order chi connectivity index (χ0) is 17.1. The molecule has 0 aliphatic rings. The molecule has 25 heavy (non-hydrogen) atoms. The summed E-state index contributed by atoms with van der Waals surface area (Å²) >= 11 is 0. The summed E-state index contributed by atoms with van der Waals surface area (Å²) in [6, 6.07) is 23.1. The second-order valence-electron chi connectivity index (χ2n) is 6.01. The number of nitrogens with zero attached hydrogens (tertiary/aromatic N) is 2. The predicted octanol–water partition coefficient (Wildman–Crippen LogP) is 5.79. The van der Waals surface area contributed by atoms with E-state index in [1.54, 1.807) is 6.20 Å². The number of benzene rings is 2. The molecule has 4 rings (SSSR count). The van der Waals surface area contributed by atoms with Crippen LogP contribution in [0.3, 0.4) is 0 Å². The van der Waals surface area contributed by atoms with Crippen LogP contribution in [0.5, 0.6) is 0 Å². The molecule has 0 fully saturated rings. The van der Waals surface area contributed by atoms with Gasteiger partial charge in [-0.1, -0.05) is 54.6 Å². The van der Waals surface area contributed by atoms with Crippen LogP contribution >= 0.6 is 0 Å². The molecule has 0 unspecified atom stereocenters. The Morgan fingerprint density at radius 3 is 1.80 bits per heavy atom. The van der Waals surface area contributed by atoms with Crippen LogP contribution in [-0.4, -0.2) is 9.97 Å². The summed E-state index contributed by atoms with van der Waals surface area (Å²) in [7, 11) is 0. The molecule has 0 spiro atoms. The number of pyridine rings is 2. The van der Waals surface area contributed by atoms with Crippen LogP contribution in [0.4, 0.5) is 0 Å². The minimum absolute atomic E-state index is 1.11. The fourth-order valence-electron chi connectivity index (χ4n) is 3.29. The molecular formula is C23H18N2. The lowest BCUT2D eigenvalue weighted by molar-refractivity contribution is 1.31. The van der Waals surface area contributed by atoms with E-state index in [1.165, 1.54) is 27.8 Å². The third-order valence-corrected chi connectivity index (χ3v) is 4.47. The average Bonchev–Trinajstić information content (AvgIpc) is 2.70. The molecule has 2 heteroatoms. The van der Waals surface area contributed by atoms with Crippen LogP contribution < -0.4 is 0 Å². The highest BCUT2D eigenvalue weighted by atomic mass is 14.6. The van der Waals surface area contributed by atoms with Crippen molar-refractivity contribution in [1.29, 1.82) is 0 Å². The van der Waals surface area contributed by atoms with Crippen LogP contribution in [0.15, 0.2) is 91.5 Å². The first-order valence-electron chi connectivity index (χ1n) is 8.34. The first-order valence-corrected chi connectivity index (χ1v) is 8.34. The van der Waals surface area contributed by atoms with Crippen molar-refractivity contribution in [3.05, 3.63) is 97.1 Å². The first-order chi connectivity index (χ1) is 12.3. The second kappa shape index (κ2) is 6.70. The maximum Gasteiger partial charge on any atom is 0.0346 e. The van der Waals surface area contributed by atoms with Gasteiger partial charge in [0, 0.05) is 35.9 Å². The van der Waals surface area contributed by atoms with Gasteiger partial charge in [0.2, 0.25) is 0 Å². The monoisotopic (exact) mass is 322 g/mol. The molecule has 0 atom stereocenters. The third kappa shape index (κ3) is 2.94. The maximum absolute atomic E-state index is 4.32. The molecule has 4 aromatic rings. The van der Waals surface area contributed by atoms with Gasteiger partial charge in [0.25, 0.3) is 0 Å². The topological polar surface area (TPSA) is 25.8 Å². The van der Waals surface area contributed by atoms with Crippen LogP contribution in [0.1, 0.15) is 5.56 Å². The molecule has 0 aliphatic heterocycles. The fraction of sp³-hybridized carbons (Fsp3) is 0.0435. The zero-order valence-corrected chi connectivity index (χ0v) is 14.1. The lowest BCUT2D eigenvalue weighted by atomic mass is 9.87. The molecule has 2 nitrogen and oxygen atoms in total. The SMILES string of the molecule is Cc1c(-c2ccccc2)ccc(-c2cccnc2)c1-c1cccnc1. The van der Waals surface area contributed by atoms with Crippen LogP contribution in [-0.2, 0) is 0 Å². The molecule has 0 bridgehead atoms. The lowest BCUT2D eigenvalue weighted by Gasteiger charge is -2.17. The van der Waals surface area contributed by atoms with Crippen molar-refractivity contribution in [3.63, 3.8) is 0 Å². The van der Waals surface area contributed by atoms with Crippen molar-refractivity contribution in [3.8, 4) is 33.4 Å². The molecule has 0 amide bonds. The third-order valence-electron chi connectivity index (χ3n) is 4.47. The Labute approximate surface area is 147 Å². The molecular weight excluding hydrogens is 304 g/mol. The molecule has 0 radical (unpaired) electrons. The van der Waals surface area contributed by atoms with E-state index in [0.29, 0.717) is 0 Å². The van der Waals surface area contributed by atoms with E-state index in [1.807, 2.05) is 36.8 Å². The average molecular weight is 322 g/mol. The second-order valence-corrected chi connectivity index (χ2v) is 6.01. The van der Waals surface area contributed by atoms with Gasteiger partial charge >= 0.3 is 0 Å². The normalized spacial score (nSPS) is 10.6. The van der Waals surface area contributed by atoms with Crippen LogP contribution in [0, 0.1) is 6.92 Å². The first kappa shape index (κ1) is 15.3. The highest BCUT2D eigenvalue weighted by Crippen LogP contribution is 2.38. The van der Waals surface area contributed by atoms with E-state index < -0.39 is 0 Å². The van der Waals surface area contributed by atoms with Crippen molar-refractivity contribution in [2.24, 2.45) is 0 Å². The van der Waals surface area contributed by atoms with Gasteiger partial charge in [-0.05, 0) is 46.9 Å². The summed E-state index contributed by atoms with van der Waals surface area (Å²) in [5, 5.41) is 0. The molecule has 0 N–H and O–H groups in total. The minimum atomic E-state index is 1.11. The Balaban J connectivity index is 2.00. The molecule has 0 aliphatic carbocycles. The minimum Gasteiger partial charge on any atom is -0.264 e. The highest BCUT2D eigenvalue weighted by Gasteiger charge is 2.14. The Morgan fingerprint density at radius 1 is 0.560 bits per heavy atom. The van der Waals surface area contributed by atoms with E-state index in [-0.39, 0.29) is 0 Å². The van der Waals surface area contributed by atoms with Gasteiger partial charge in [0.05, 0.1) is 0 Å². The van der Waals surface area contributed by atoms with E-state index >= 15 is 0 Å². The molecule has 120 valence electrons. The molecule has 0 saturated carbocycles. The standard InChI is InChI=1S/C23H18N2/c1-17-21(18-7-3-2-4-8-18)11-12-22(19-9-5-13-24-15-19)23(17)20-10-6-14-25-16-20/h2-16H,1H3. The Bertz CT molecular complexity index is 978. The van der Waals surface area contributed by atoms with E-state index in [2.05, 4.69) is 65.4 Å². The van der Waals surface area contributed by atoms with Gasteiger partial charge in [0.1, 0.15) is 0 Å². The largest absolute Gasteiger partial charge is 0.264 e. The molecule has 0 saturated heterocycles. The van der Waals surface area contributed by atoms with Gasteiger partial charge in [0.15, 0.2) is 0 Å².